The normalized spacial score (nSPS) is 13.0. The molecule has 3 aromatic carbocycles. The van der Waals surface area contributed by atoms with E-state index in [9.17, 15) is 24.6 Å². The molecule has 0 aliphatic heterocycles. The van der Waals surface area contributed by atoms with E-state index in [1.54, 1.807) is 70.2 Å². The summed E-state index contributed by atoms with van der Waals surface area (Å²) in [5, 5.41) is 26.8. The molecule has 44 heavy (non-hydrogen) atoms. The minimum atomic E-state index is -1.26. The van der Waals surface area contributed by atoms with Crippen molar-refractivity contribution >= 4 is 23.6 Å². The van der Waals surface area contributed by atoms with Crippen LogP contribution < -0.4 is 10.6 Å². The molecule has 0 fully saturated rings. The van der Waals surface area contributed by atoms with Gasteiger partial charge in [-0.3, -0.25) is 9.59 Å². The molecule has 3 aromatic rings. The fourth-order valence-electron chi connectivity index (χ4n) is 4.85. The zero-order chi connectivity index (χ0) is 32.8. The van der Waals surface area contributed by atoms with Gasteiger partial charge in [0, 0.05) is 23.2 Å². The van der Waals surface area contributed by atoms with Crippen molar-refractivity contribution in [2.75, 3.05) is 5.32 Å². The zero-order valence-electron chi connectivity index (χ0n) is 26.9. The van der Waals surface area contributed by atoms with Crippen molar-refractivity contribution in [2.45, 2.75) is 91.5 Å². The van der Waals surface area contributed by atoms with Gasteiger partial charge in [0.25, 0.3) is 5.91 Å². The number of alkyl carbamates (subject to hydrolysis) is 1. The fraction of sp³-hybridized carbons (Fsp3) is 0.400. The summed E-state index contributed by atoms with van der Waals surface area (Å²) in [5.41, 5.74) is 1.15. The van der Waals surface area contributed by atoms with Crippen LogP contribution in [0.5, 0.6) is 11.5 Å². The molecule has 0 aromatic heterocycles. The largest absolute Gasteiger partial charge is 0.508 e. The summed E-state index contributed by atoms with van der Waals surface area (Å²) in [6.07, 6.45) is -0.276. The first-order chi connectivity index (χ1) is 20.5. The molecule has 236 valence electrons. The average Bonchev–Trinajstić information content (AvgIpc) is 2.94. The van der Waals surface area contributed by atoms with E-state index >= 15 is 0 Å². The molecular formula is C35H45N3O6. The van der Waals surface area contributed by atoms with Crippen LogP contribution in [0.3, 0.4) is 0 Å². The summed E-state index contributed by atoms with van der Waals surface area (Å²) in [7, 11) is 0. The highest BCUT2D eigenvalue weighted by molar-refractivity contribution is 6.00. The molecule has 0 bridgehead atoms. The molecule has 0 spiro atoms. The quantitative estimate of drug-likeness (QED) is 0.208. The molecule has 0 aliphatic rings. The number of phenolic OH excluding ortho intramolecular Hbond substituents is 2. The van der Waals surface area contributed by atoms with Gasteiger partial charge in [-0.1, -0.05) is 55.5 Å². The van der Waals surface area contributed by atoms with Gasteiger partial charge in [0.15, 0.2) is 0 Å². The van der Waals surface area contributed by atoms with Crippen LogP contribution in [0.4, 0.5) is 10.5 Å². The number of aryl methyl sites for hydroxylation is 2. The van der Waals surface area contributed by atoms with Gasteiger partial charge in [-0.15, -0.1) is 0 Å². The Bertz CT molecular complexity index is 1480. The summed E-state index contributed by atoms with van der Waals surface area (Å²) in [5.74, 6) is -1.09. The van der Waals surface area contributed by atoms with Crippen LogP contribution in [0.1, 0.15) is 76.3 Å². The van der Waals surface area contributed by atoms with Gasteiger partial charge >= 0.3 is 6.09 Å². The van der Waals surface area contributed by atoms with Crippen LogP contribution >= 0.6 is 0 Å². The highest BCUT2D eigenvalue weighted by Crippen LogP contribution is 2.38. The van der Waals surface area contributed by atoms with E-state index in [0.29, 0.717) is 23.2 Å². The first-order valence-corrected chi connectivity index (χ1v) is 14.8. The third-order valence-electron chi connectivity index (χ3n) is 7.59. The van der Waals surface area contributed by atoms with Gasteiger partial charge in [0.05, 0.1) is 0 Å². The molecule has 0 radical (unpaired) electrons. The van der Waals surface area contributed by atoms with Gasteiger partial charge in [0.2, 0.25) is 5.91 Å². The topological polar surface area (TPSA) is 128 Å². The third kappa shape index (κ3) is 8.52. The number of hydrogen-bond donors (Lipinski definition) is 4. The molecule has 0 aliphatic carbocycles. The lowest BCUT2D eigenvalue weighted by molar-refractivity contribution is -0.147. The Labute approximate surface area is 260 Å². The van der Waals surface area contributed by atoms with E-state index in [-0.39, 0.29) is 23.5 Å². The van der Waals surface area contributed by atoms with Crippen molar-refractivity contribution in [3.05, 3.63) is 89.0 Å². The smallest absolute Gasteiger partial charge is 0.408 e. The molecule has 0 saturated carbocycles. The number of ether oxygens (including phenoxy) is 1. The fourth-order valence-corrected chi connectivity index (χ4v) is 4.85. The number of carbonyl (C=O) groups excluding carboxylic acids is 3. The van der Waals surface area contributed by atoms with Crippen molar-refractivity contribution in [3.8, 4) is 11.5 Å². The Morgan fingerprint density at radius 2 is 1.48 bits per heavy atom. The maximum absolute atomic E-state index is 14.8. The van der Waals surface area contributed by atoms with Crippen LogP contribution in [0, 0.1) is 13.8 Å². The summed E-state index contributed by atoms with van der Waals surface area (Å²) in [6, 6.07) is 16.3. The lowest BCUT2D eigenvalue weighted by Gasteiger charge is -2.44. The maximum atomic E-state index is 14.8. The minimum Gasteiger partial charge on any atom is -0.508 e. The predicted octanol–water partition coefficient (Wildman–Crippen LogP) is 6.55. The maximum Gasteiger partial charge on any atom is 0.408 e. The van der Waals surface area contributed by atoms with Crippen molar-refractivity contribution in [1.29, 1.82) is 0 Å². The Balaban J connectivity index is 2.19. The van der Waals surface area contributed by atoms with Gasteiger partial charge in [0.1, 0.15) is 29.2 Å². The van der Waals surface area contributed by atoms with E-state index in [2.05, 4.69) is 10.6 Å². The Morgan fingerprint density at radius 3 is 2.07 bits per heavy atom. The monoisotopic (exact) mass is 603 g/mol. The summed E-state index contributed by atoms with van der Waals surface area (Å²) >= 11 is 0. The predicted molar refractivity (Wildman–Crippen MR) is 172 cm³/mol. The number of amides is 3. The van der Waals surface area contributed by atoms with Crippen molar-refractivity contribution in [3.63, 3.8) is 0 Å². The first-order valence-electron chi connectivity index (χ1n) is 14.8. The van der Waals surface area contributed by atoms with E-state index in [0.717, 1.165) is 5.56 Å². The van der Waals surface area contributed by atoms with E-state index < -0.39 is 41.1 Å². The van der Waals surface area contributed by atoms with E-state index in [1.807, 2.05) is 39.8 Å². The van der Waals surface area contributed by atoms with Crippen molar-refractivity contribution in [1.82, 2.24) is 10.2 Å². The van der Waals surface area contributed by atoms with Gasteiger partial charge in [-0.25, -0.2) is 4.79 Å². The van der Waals surface area contributed by atoms with Gasteiger partial charge < -0.3 is 30.5 Å². The lowest BCUT2D eigenvalue weighted by Crippen LogP contribution is -2.59. The summed E-state index contributed by atoms with van der Waals surface area (Å²) in [6.45, 7) is 14.4. The van der Waals surface area contributed by atoms with Crippen molar-refractivity contribution in [2.24, 2.45) is 0 Å². The van der Waals surface area contributed by atoms with Crippen molar-refractivity contribution < 1.29 is 29.3 Å². The van der Waals surface area contributed by atoms with E-state index in [1.165, 1.54) is 17.0 Å². The highest BCUT2D eigenvalue weighted by Gasteiger charge is 2.44. The molecule has 9 heteroatoms. The zero-order valence-corrected chi connectivity index (χ0v) is 26.9. The number of nitrogens with zero attached hydrogens (tertiary/aromatic N) is 1. The number of aromatic hydroxyl groups is 2. The second-order valence-electron chi connectivity index (χ2n) is 12.7. The molecule has 0 saturated heterocycles. The van der Waals surface area contributed by atoms with Crippen LogP contribution in [0.2, 0.25) is 0 Å². The number of carbonyl (C=O) groups is 3. The molecule has 4 N–H and O–H groups in total. The lowest BCUT2D eigenvalue weighted by atomic mass is 9.90. The number of anilines is 1. The van der Waals surface area contributed by atoms with E-state index in [4.69, 9.17) is 4.74 Å². The van der Waals surface area contributed by atoms with Crippen LogP contribution in [-0.4, -0.2) is 50.2 Å². The van der Waals surface area contributed by atoms with Crippen LogP contribution in [-0.2, 0) is 20.7 Å². The standard InChI is InChI=1S/C35H45N3O6/c1-9-35(7,8)38(32(42)28(37-33(43)44-34(4,5)6)21-24-17-19-25(39)20-18-24)29(26-15-12-14-23(3)30(26)40)31(41)36-27-16-11-10-13-22(27)2/h10-20,28-29,39-40H,9,21H2,1-8H3,(H,36,41)(H,37,43). The molecule has 2 atom stereocenters. The summed E-state index contributed by atoms with van der Waals surface area (Å²) in [4.78, 5) is 43.6. The molecule has 0 heterocycles. The number of benzene rings is 3. The Morgan fingerprint density at radius 1 is 0.864 bits per heavy atom. The molecule has 2 unspecified atom stereocenters. The molecule has 3 amide bonds. The number of nitrogens with one attached hydrogen (secondary N) is 2. The van der Waals surface area contributed by atoms with Gasteiger partial charge in [-0.2, -0.15) is 0 Å². The number of para-hydroxylation sites is 2. The Kier molecular flexibility index (Phi) is 10.7. The first kappa shape index (κ1) is 34.0. The molecule has 3 rings (SSSR count). The van der Waals surface area contributed by atoms with Gasteiger partial charge in [-0.05, 0) is 89.8 Å². The van der Waals surface area contributed by atoms with Crippen LogP contribution in [0.25, 0.3) is 0 Å². The second-order valence-corrected chi connectivity index (χ2v) is 12.7. The molecule has 9 nitrogen and oxygen atoms in total. The molecular weight excluding hydrogens is 558 g/mol. The minimum absolute atomic E-state index is 0.0561. The van der Waals surface area contributed by atoms with Crippen LogP contribution in [0.15, 0.2) is 66.7 Å². The highest BCUT2D eigenvalue weighted by atomic mass is 16.6. The second kappa shape index (κ2) is 13.8. The average molecular weight is 604 g/mol. The third-order valence-corrected chi connectivity index (χ3v) is 7.59. The number of rotatable bonds is 10. The number of hydrogen-bond acceptors (Lipinski definition) is 6. The SMILES string of the molecule is CCC(C)(C)N(C(=O)C(Cc1ccc(O)cc1)NC(=O)OC(C)(C)C)C(C(=O)Nc1ccccc1C)c1cccc(C)c1O. The number of phenols is 2. The summed E-state index contributed by atoms with van der Waals surface area (Å²) < 4.78 is 5.51. The Hall–Kier alpha value is -4.53.